The number of unbranched alkanes of at least 4 members (excludes halogenated alkanes) is 10. The van der Waals surface area contributed by atoms with Gasteiger partial charge >= 0.3 is 34.7 Å². The first-order chi connectivity index (χ1) is 7.77. The average Bonchev–Trinajstić information content (AvgIpc) is 2.25. The Morgan fingerprint density at radius 1 is 0.609 bits per heavy atom. The fourth-order valence-corrected chi connectivity index (χ4v) is 1.93. The third-order valence-electron chi connectivity index (χ3n) is 2.98. The Balaban J connectivity index is -0.0000000536. The summed E-state index contributed by atoms with van der Waals surface area (Å²) < 4.78 is 0. The molecule has 9 heteroatoms. The summed E-state index contributed by atoms with van der Waals surface area (Å²) in [7, 11) is 0. The van der Waals surface area contributed by atoms with E-state index in [-0.39, 0.29) is 68.5 Å². The molecular weight excluding hydrogens is 384 g/mol. The van der Waals surface area contributed by atoms with E-state index in [0.717, 1.165) is 12.8 Å². The van der Waals surface area contributed by atoms with Gasteiger partial charge in [-0.05, 0) is 12.8 Å². The Labute approximate surface area is 162 Å². The molecule has 0 aliphatic heterocycles. The largest absolute Gasteiger partial charge is 3.00 e. The minimum absolute atomic E-state index is 0. The van der Waals surface area contributed by atoms with E-state index in [2.05, 4.69) is 6.92 Å². The fraction of sp³-hybridized carbons (Fsp3) is 0.929. The van der Waals surface area contributed by atoms with E-state index in [4.69, 9.17) is 0 Å². The first-order valence-electron chi connectivity index (χ1n) is 6.97. The predicted molar refractivity (Wildman–Crippen MR) is 75.8 cm³/mol. The number of aliphatic carboxylic acids is 1. The molecule has 0 aromatic carbocycles. The molecule has 7 nitrogen and oxygen atoms in total. The summed E-state index contributed by atoms with van der Waals surface area (Å²) >= 11 is 0. The van der Waals surface area contributed by atoms with Crippen molar-refractivity contribution < 1.29 is 72.0 Å². The molecule has 142 valence electrons. The van der Waals surface area contributed by atoms with Gasteiger partial charge in [-0.3, -0.25) is 0 Å². The Hall–Kier alpha value is 0.335. The third-order valence-corrected chi connectivity index (χ3v) is 2.98. The van der Waals surface area contributed by atoms with E-state index in [0.29, 0.717) is 0 Å². The maximum atomic E-state index is 10.1. The molecule has 5 N–H and O–H groups in total. The van der Waals surface area contributed by atoms with E-state index >= 15 is 0 Å². The number of carboxylic acids is 1. The second-order valence-electron chi connectivity index (χ2n) is 4.66. The molecule has 0 saturated heterocycles. The maximum absolute atomic E-state index is 10.1. The van der Waals surface area contributed by atoms with Gasteiger partial charge in [-0.2, -0.15) is 0 Å². The van der Waals surface area contributed by atoms with Crippen molar-refractivity contribution in [3.05, 3.63) is 0 Å². The summed E-state index contributed by atoms with van der Waals surface area (Å²) in [5, 5.41) is 10.1. The summed E-state index contributed by atoms with van der Waals surface area (Å²) in [5.41, 5.74) is 0. The Kier molecular flexibility index (Phi) is 93.0. The average molecular weight is 416 g/mol. The first kappa shape index (κ1) is 49.5. The van der Waals surface area contributed by atoms with Crippen LogP contribution < -0.4 is 5.11 Å². The number of carbonyl (C=O) groups excluding carboxylic acids is 1. The first-order valence-corrected chi connectivity index (χ1v) is 6.97. The van der Waals surface area contributed by atoms with Crippen LogP contribution in [0, 0.1) is 0 Å². The third kappa shape index (κ3) is 51.9. The molecule has 0 aromatic heterocycles. The van der Waals surface area contributed by atoms with Crippen molar-refractivity contribution in [2.24, 2.45) is 0 Å². The van der Waals surface area contributed by atoms with Crippen molar-refractivity contribution in [1.29, 1.82) is 0 Å². The van der Waals surface area contributed by atoms with Crippen molar-refractivity contribution in [2.45, 2.75) is 84.0 Å². The van der Waals surface area contributed by atoms with Gasteiger partial charge in [-0.25, -0.2) is 0 Å². The molecule has 2 radical (unpaired) electrons. The van der Waals surface area contributed by atoms with Gasteiger partial charge in [0.1, 0.15) is 0 Å². The van der Waals surface area contributed by atoms with Crippen LogP contribution in [-0.2, 0) is 39.5 Å². The molecule has 0 unspecified atom stereocenters. The number of hydrogen-bond donors (Lipinski definition) is 0. The molecule has 0 saturated carbocycles. The van der Waals surface area contributed by atoms with E-state index in [1.54, 1.807) is 0 Å². The van der Waals surface area contributed by atoms with E-state index in [1.807, 2.05) is 0 Å². The van der Waals surface area contributed by atoms with Crippen LogP contribution in [0.1, 0.15) is 84.0 Å². The zero-order valence-corrected chi connectivity index (χ0v) is 16.4. The smallest absolute Gasteiger partial charge is 0.870 e. The maximum Gasteiger partial charge on any atom is 3.00 e. The minimum atomic E-state index is -0.907. The van der Waals surface area contributed by atoms with Crippen LogP contribution in [0.15, 0.2) is 0 Å². The standard InChI is InChI=1S/C14H28O2.2Cr.5H2O/c1-2-3-4-5-6-7-8-9-10-11-12-13-14(15)16;;;;;;;/h2-13H2,1H3,(H,15,16);;;5*1H2/q;2*+3;;;;;/p-6. The predicted octanol–water partition coefficient (Wildman–Crippen LogP) is 2.55. The van der Waals surface area contributed by atoms with E-state index in [1.165, 1.54) is 57.8 Å². The van der Waals surface area contributed by atoms with Crippen LogP contribution in [0.2, 0.25) is 0 Å². The topological polar surface area (TPSA) is 190 Å². The summed E-state index contributed by atoms with van der Waals surface area (Å²) in [4.78, 5) is 10.1. The molecule has 0 amide bonds. The van der Waals surface area contributed by atoms with Gasteiger partial charge < -0.3 is 37.3 Å². The minimum Gasteiger partial charge on any atom is -0.870 e. The zero-order chi connectivity index (χ0) is 12.1. The van der Waals surface area contributed by atoms with Crippen LogP contribution in [0.25, 0.3) is 0 Å². The number of carbonyl (C=O) groups is 1. The monoisotopic (exact) mass is 416 g/mol. The van der Waals surface area contributed by atoms with Gasteiger partial charge in [-0.1, -0.05) is 71.1 Å². The summed E-state index contributed by atoms with van der Waals surface area (Å²) in [6.07, 6.45) is 14.0. The second kappa shape index (κ2) is 43.2. The van der Waals surface area contributed by atoms with Crippen molar-refractivity contribution in [1.82, 2.24) is 0 Å². The van der Waals surface area contributed by atoms with Crippen LogP contribution in [0.4, 0.5) is 0 Å². The Morgan fingerprint density at radius 3 is 1.13 bits per heavy atom. The van der Waals surface area contributed by atoms with Gasteiger partial charge in [0.2, 0.25) is 0 Å². The van der Waals surface area contributed by atoms with Crippen molar-refractivity contribution in [2.75, 3.05) is 0 Å². The van der Waals surface area contributed by atoms with Crippen molar-refractivity contribution in [3.8, 4) is 0 Å². The molecule has 0 rings (SSSR count). The fourth-order valence-electron chi connectivity index (χ4n) is 1.93. The number of carboxylic acid groups (broad SMARTS) is 1. The van der Waals surface area contributed by atoms with Crippen LogP contribution >= 0.6 is 0 Å². The van der Waals surface area contributed by atoms with Crippen LogP contribution in [0.5, 0.6) is 0 Å². The molecule has 0 aliphatic carbocycles. The summed E-state index contributed by atoms with van der Waals surface area (Å²) in [5.74, 6) is -0.907. The normalized spacial score (nSPS) is 7.35. The SMILES string of the molecule is CCCCCCCCCCCCCC(=O)[O-].[Cr+3].[Cr+3].[OH-].[OH-].[OH-].[OH-].[OH-]. The van der Waals surface area contributed by atoms with Crippen molar-refractivity contribution >= 4 is 5.97 Å². The van der Waals surface area contributed by atoms with Crippen LogP contribution in [0.3, 0.4) is 0 Å². The molecular formula is C14H32Cr2O7. The zero-order valence-electron chi connectivity index (χ0n) is 13.9. The Morgan fingerprint density at radius 2 is 0.870 bits per heavy atom. The number of hydrogen-bond acceptors (Lipinski definition) is 7. The number of rotatable bonds is 12. The molecule has 0 aromatic rings. The van der Waals surface area contributed by atoms with Gasteiger partial charge in [0.05, 0.1) is 0 Å². The van der Waals surface area contributed by atoms with E-state index < -0.39 is 5.97 Å². The van der Waals surface area contributed by atoms with Gasteiger partial charge in [0.15, 0.2) is 0 Å². The molecule has 0 heterocycles. The summed E-state index contributed by atoms with van der Waals surface area (Å²) in [6, 6.07) is 0. The van der Waals surface area contributed by atoms with Gasteiger partial charge in [0.25, 0.3) is 0 Å². The van der Waals surface area contributed by atoms with E-state index in [9.17, 15) is 9.90 Å². The molecule has 0 spiro atoms. The molecule has 0 atom stereocenters. The molecule has 0 bridgehead atoms. The summed E-state index contributed by atoms with van der Waals surface area (Å²) in [6.45, 7) is 2.24. The molecule has 0 fully saturated rings. The molecule has 23 heavy (non-hydrogen) atoms. The second-order valence-corrected chi connectivity index (χ2v) is 4.66. The molecule has 0 aliphatic rings. The van der Waals surface area contributed by atoms with Crippen molar-refractivity contribution in [3.63, 3.8) is 0 Å². The van der Waals surface area contributed by atoms with Gasteiger partial charge in [-0.15, -0.1) is 0 Å². The Bertz CT molecular complexity index is 175. The van der Waals surface area contributed by atoms with Gasteiger partial charge in [0, 0.05) is 5.97 Å². The van der Waals surface area contributed by atoms with Crippen LogP contribution in [-0.4, -0.2) is 33.4 Å². The quantitative estimate of drug-likeness (QED) is 0.436.